The normalized spacial score (nSPS) is 9.95. The van der Waals surface area contributed by atoms with E-state index < -0.39 is 5.97 Å². The van der Waals surface area contributed by atoms with Crippen molar-refractivity contribution in [2.24, 2.45) is 5.73 Å². The summed E-state index contributed by atoms with van der Waals surface area (Å²) >= 11 is 1.31. The zero-order valence-electron chi connectivity index (χ0n) is 12.5. The molecule has 0 spiro atoms. The number of carbonyl (C=O) groups is 2. The Morgan fingerprint density at radius 1 is 1.48 bits per heavy atom. The van der Waals surface area contributed by atoms with Crippen molar-refractivity contribution in [3.8, 4) is 11.8 Å². The zero-order chi connectivity index (χ0) is 15.8. The van der Waals surface area contributed by atoms with Gasteiger partial charge in [-0.1, -0.05) is 11.8 Å². The van der Waals surface area contributed by atoms with Crippen LogP contribution in [0.4, 0.5) is 0 Å². The number of nitrogens with zero attached hydrogens (tertiary/aromatic N) is 1. The van der Waals surface area contributed by atoms with E-state index in [4.69, 9.17) is 10.5 Å². The van der Waals surface area contributed by atoms with Gasteiger partial charge in [0.05, 0.1) is 13.2 Å². The molecule has 2 N–H and O–H groups in total. The molecule has 21 heavy (non-hydrogen) atoms. The van der Waals surface area contributed by atoms with E-state index in [9.17, 15) is 9.59 Å². The van der Waals surface area contributed by atoms with Crippen LogP contribution < -0.4 is 5.73 Å². The number of carbonyl (C=O) groups excluding carboxylic acids is 2. The highest BCUT2D eigenvalue weighted by Crippen LogP contribution is 2.19. The second-order valence-corrected chi connectivity index (χ2v) is 5.42. The molecule has 0 aliphatic heterocycles. The summed E-state index contributed by atoms with van der Waals surface area (Å²) in [4.78, 5) is 26.2. The van der Waals surface area contributed by atoms with Gasteiger partial charge in [0, 0.05) is 11.6 Å². The van der Waals surface area contributed by atoms with Crippen molar-refractivity contribution >= 4 is 23.2 Å². The highest BCUT2D eigenvalue weighted by Gasteiger charge is 2.24. The molecule has 114 valence electrons. The fraction of sp³-hybridized carbons (Fsp3) is 0.467. The lowest BCUT2D eigenvalue weighted by molar-refractivity contribution is -0.144. The number of ether oxygens (including phenoxy) is 1. The van der Waals surface area contributed by atoms with E-state index in [1.54, 1.807) is 18.4 Å². The van der Waals surface area contributed by atoms with Crippen molar-refractivity contribution in [2.75, 3.05) is 19.7 Å². The van der Waals surface area contributed by atoms with Crippen LogP contribution in [-0.2, 0) is 9.53 Å². The van der Waals surface area contributed by atoms with Crippen molar-refractivity contribution in [1.82, 2.24) is 4.90 Å². The maximum absolute atomic E-state index is 12.6. The summed E-state index contributed by atoms with van der Waals surface area (Å²) in [5, 5.41) is 1.80. The van der Waals surface area contributed by atoms with Crippen molar-refractivity contribution in [3.63, 3.8) is 0 Å². The van der Waals surface area contributed by atoms with Crippen LogP contribution in [0.2, 0.25) is 0 Å². The first kappa shape index (κ1) is 17.2. The summed E-state index contributed by atoms with van der Waals surface area (Å²) in [5.41, 5.74) is 6.00. The first-order valence-corrected chi connectivity index (χ1v) is 7.62. The summed E-state index contributed by atoms with van der Waals surface area (Å²) < 4.78 is 4.91. The van der Waals surface area contributed by atoms with E-state index in [1.165, 1.54) is 16.2 Å². The standard InChI is InChI=1S/C15H20N2O3S/c1-4-20-13(18)10-17(11(2)3)15(19)14-12(6-5-8-16)7-9-21-14/h7,9,11H,4,8,10,16H2,1-3H3. The van der Waals surface area contributed by atoms with Crippen molar-refractivity contribution < 1.29 is 14.3 Å². The summed E-state index contributed by atoms with van der Waals surface area (Å²) in [6.45, 7) is 5.92. The number of esters is 1. The van der Waals surface area contributed by atoms with Crippen LogP contribution in [0.1, 0.15) is 36.0 Å². The lowest BCUT2D eigenvalue weighted by atomic mass is 10.2. The molecular weight excluding hydrogens is 288 g/mol. The van der Waals surface area contributed by atoms with Gasteiger partial charge < -0.3 is 15.4 Å². The molecule has 1 aromatic heterocycles. The minimum atomic E-state index is -0.411. The quantitative estimate of drug-likeness (QED) is 0.660. The number of rotatable bonds is 5. The largest absolute Gasteiger partial charge is 0.465 e. The van der Waals surface area contributed by atoms with Crippen LogP contribution >= 0.6 is 11.3 Å². The maximum Gasteiger partial charge on any atom is 0.325 e. The van der Waals surface area contributed by atoms with Gasteiger partial charge in [0.25, 0.3) is 5.91 Å². The second-order valence-electron chi connectivity index (χ2n) is 4.50. The van der Waals surface area contributed by atoms with Crippen molar-refractivity contribution in [2.45, 2.75) is 26.8 Å². The average Bonchev–Trinajstić information content (AvgIpc) is 2.90. The SMILES string of the molecule is CCOC(=O)CN(C(=O)c1sccc1C#CCN)C(C)C. The Morgan fingerprint density at radius 2 is 2.19 bits per heavy atom. The minimum absolute atomic E-state index is 0.0635. The number of hydrogen-bond donors (Lipinski definition) is 1. The number of nitrogens with two attached hydrogens (primary N) is 1. The highest BCUT2D eigenvalue weighted by molar-refractivity contribution is 7.12. The Balaban J connectivity index is 2.96. The van der Waals surface area contributed by atoms with E-state index in [1.807, 2.05) is 13.8 Å². The monoisotopic (exact) mass is 308 g/mol. The molecule has 0 atom stereocenters. The second kappa shape index (κ2) is 8.45. The third kappa shape index (κ3) is 4.88. The van der Waals surface area contributed by atoms with Gasteiger partial charge in [0.15, 0.2) is 0 Å². The van der Waals surface area contributed by atoms with Gasteiger partial charge in [-0.2, -0.15) is 0 Å². The first-order valence-electron chi connectivity index (χ1n) is 6.74. The molecule has 1 heterocycles. The molecule has 0 bridgehead atoms. The Hall–Kier alpha value is -1.84. The summed E-state index contributed by atoms with van der Waals surface area (Å²) in [6, 6.07) is 1.67. The molecule has 1 rings (SSSR count). The summed E-state index contributed by atoms with van der Waals surface area (Å²) in [6.07, 6.45) is 0. The third-order valence-electron chi connectivity index (χ3n) is 2.67. The maximum atomic E-state index is 12.6. The molecule has 0 aromatic carbocycles. The highest BCUT2D eigenvalue weighted by atomic mass is 32.1. The fourth-order valence-corrected chi connectivity index (χ4v) is 2.49. The molecule has 0 radical (unpaired) electrons. The average molecular weight is 308 g/mol. The molecule has 1 aromatic rings. The molecule has 0 aliphatic carbocycles. The molecule has 1 amide bonds. The van der Waals surface area contributed by atoms with E-state index in [2.05, 4.69) is 11.8 Å². The van der Waals surface area contributed by atoms with Crippen molar-refractivity contribution in [1.29, 1.82) is 0 Å². The first-order chi connectivity index (χ1) is 10.0. The fourth-order valence-electron chi connectivity index (χ4n) is 1.68. The van der Waals surface area contributed by atoms with Crippen LogP contribution in [0.3, 0.4) is 0 Å². The van der Waals surface area contributed by atoms with Gasteiger partial charge in [-0.05, 0) is 32.2 Å². The lowest BCUT2D eigenvalue weighted by Gasteiger charge is -2.25. The van der Waals surface area contributed by atoms with Gasteiger partial charge in [-0.25, -0.2) is 0 Å². The number of thiophene rings is 1. The van der Waals surface area contributed by atoms with E-state index in [0.29, 0.717) is 17.0 Å². The predicted octanol–water partition coefficient (Wildman–Crippen LogP) is 1.47. The number of hydrogen-bond acceptors (Lipinski definition) is 5. The van der Waals surface area contributed by atoms with Crippen LogP contribution in [0, 0.1) is 11.8 Å². The van der Waals surface area contributed by atoms with Gasteiger partial charge >= 0.3 is 5.97 Å². The molecule has 0 saturated carbocycles. The molecule has 0 fully saturated rings. The summed E-state index contributed by atoms with van der Waals surface area (Å²) in [5.74, 6) is 4.99. The van der Waals surface area contributed by atoms with Gasteiger partial charge in [-0.15, -0.1) is 11.3 Å². The Labute approximate surface area is 129 Å². The van der Waals surface area contributed by atoms with Gasteiger partial charge in [0.2, 0.25) is 0 Å². The van der Waals surface area contributed by atoms with E-state index in [-0.39, 0.29) is 25.0 Å². The van der Waals surface area contributed by atoms with E-state index >= 15 is 0 Å². The molecule has 0 aliphatic rings. The molecule has 0 saturated heterocycles. The molecular formula is C15H20N2O3S. The zero-order valence-corrected chi connectivity index (χ0v) is 13.3. The van der Waals surface area contributed by atoms with Gasteiger partial charge in [-0.3, -0.25) is 9.59 Å². The molecule has 0 unspecified atom stereocenters. The van der Waals surface area contributed by atoms with Crippen LogP contribution in [-0.4, -0.2) is 42.5 Å². The van der Waals surface area contributed by atoms with E-state index in [0.717, 1.165) is 0 Å². The topological polar surface area (TPSA) is 72.6 Å². The predicted molar refractivity (Wildman–Crippen MR) is 83.1 cm³/mol. The van der Waals surface area contributed by atoms with Crippen LogP contribution in [0.5, 0.6) is 0 Å². The Bertz CT molecular complexity index is 555. The van der Waals surface area contributed by atoms with Gasteiger partial charge in [0.1, 0.15) is 11.4 Å². The third-order valence-corrected chi connectivity index (χ3v) is 3.58. The smallest absolute Gasteiger partial charge is 0.325 e. The van der Waals surface area contributed by atoms with Crippen molar-refractivity contribution in [3.05, 3.63) is 21.9 Å². The number of amides is 1. The lowest BCUT2D eigenvalue weighted by Crippen LogP contribution is -2.41. The van der Waals surface area contributed by atoms with Crippen LogP contribution in [0.25, 0.3) is 0 Å². The Morgan fingerprint density at radius 3 is 2.76 bits per heavy atom. The summed E-state index contributed by atoms with van der Waals surface area (Å²) in [7, 11) is 0. The van der Waals surface area contributed by atoms with Crippen LogP contribution in [0.15, 0.2) is 11.4 Å². The molecule has 6 heteroatoms. The Kier molecular flexibility index (Phi) is 6.92. The molecule has 5 nitrogen and oxygen atoms in total. The minimum Gasteiger partial charge on any atom is -0.465 e.